The second kappa shape index (κ2) is 6.31. The molecule has 21 heavy (non-hydrogen) atoms. The Labute approximate surface area is 128 Å². The summed E-state index contributed by atoms with van der Waals surface area (Å²) in [5, 5.41) is 5.82. The summed E-state index contributed by atoms with van der Waals surface area (Å²) in [7, 11) is -3.85. The highest BCUT2D eigenvalue weighted by Gasteiger charge is 2.16. The number of sulfonamides is 1. The largest absolute Gasteiger partial charge is 0.490 e. The van der Waals surface area contributed by atoms with Crippen molar-refractivity contribution in [3.05, 3.63) is 29.4 Å². The fraction of sp³-hybridized carbons (Fsp3) is 0.214. The molecule has 1 heterocycles. The Morgan fingerprint density at radius 2 is 2.10 bits per heavy atom. The molecule has 0 aliphatic rings. The fourth-order valence-corrected chi connectivity index (χ4v) is 2.72. The van der Waals surface area contributed by atoms with Gasteiger partial charge in [0, 0.05) is 11.8 Å². The zero-order chi connectivity index (χ0) is 15.5. The van der Waals surface area contributed by atoms with Gasteiger partial charge in [-0.15, -0.1) is 11.8 Å². The topological polar surface area (TPSA) is 82.3 Å². The molecule has 5 nitrogen and oxygen atoms in total. The second-order valence-electron chi connectivity index (χ2n) is 4.16. The van der Waals surface area contributed by atoms with Crippen LogP contribution in [-0.2, 0) is 10.0 Å². The molecule has 0 amide bonds. The molecule has 0 saturated carbocycles. The fourth-order valence-electron chi connectivity index (χ4n) is 1.84. The highest BCUT2D eigenvalue weighted by Crippen LogP contribution is 2.30. The van der Waals surface area contributed by atoms with Gasteiger partial charge in [0.15, 0.2) is 0 Å². The third kappa shape index (κ3) is 3.64. The summed E-state index contributed by atoms with van der Waals surface area (Å²) in [4.78, 5) is 4.12. The number of rotatable bonds is 4. The highest BCUT2D eigenvalue weighted by molar-refractivity contribution is 7.89. The van der Waals surface area contributed by atoms with E-state index in [1.54, 1.807) is 13.0 Å². The van der Waals surface area contributed by atoms with Gasteiger partial charge in [-0.25, -0.2) is 18.5 Å². The Balaban J connectivity index is 2.52. The summed E-state index contributed by atoms with van der Waals surface area (Å²) in [6.07, 6.45) is 0.565. The van der Waals surface area contributed by atoms with Crippen LogP contribution in [0.4, 0.5) is 0 Å². The number of aromatic nitrogens is 1. The molecule has 0 saturated heterocycles. The van der Waals surface area contributed by atoms with E-state index in [1.165, 1.54) is 18.2 Å². The minimum atomic E-state index is -3.85. The van der Waals surface area contributed by atoms with Crippen LogP contribution in [0.15, 0.2) is 29.2 Å². The number of hydrogen-bond donors (Lipinski definition) is 1. The molecule has 1 aromatic heterocycles. The predicted octanol–water partition coefficient (Wildman–Crippen LogP) is 2.33. The van der Waals surface area contributed by atoms with E-state index in [0.717, 1.165) is 0 Å². The molecule has 110 valence electrons. The number of halogens is 1. The summed E-state index contributed by atoms with van der Waals surface area (Å²) in [6, 6.07) is 5.98. The molecule has 0 atom stereocenters. The Morgan fingerprint density at radius 1 is 1.33 bits per heavy atom. The lowest BCUT2D eigenvalue weighted by atomic mass is 10.2. The molecule has 7 heteroatoms. The number of hydrogen-bond acceptors (Lipinski definition) is 4. The third-order valence-corrected chi connectivity index (χ3v) is 3.89. The predicted molar refractivity (Wildman–Crippen MR) is 81.7 cm³/mol. The monoisotopic (exact) mass is 324 g/mol. The smallest absolute Gasteiger partial charge is 0.238 e. The third-order valence-electron chi connectivity index (χ3n) is 2.71. The molecule has 0 radical (unpaired) electrons. The van der Waals surface area contributed by atoms with Crippen molar-refractivity contribution >= 4 is 32.5 Å². The van der Waals surface area contributed by atoms with Gasteiger partial charge in [0.2, 0.25) is 10.0 Å². The van der Waals surface area contributed by atoms with Gasteiger partial charge in [0.1, 0.15) is 16.4 Å². The van der Waals surface area contributed by atoms with Crippen molar-refractivity contribution < 1.29 is 13.2 Å². The van der Waals surface area contributed by atoms with Gasteiger partial charge in [-0.3, -0.25) is 0 Å². The first-order valence-corrected chi connectivity index (χ1v) is 8.00. The summed E-state index contributed by atoms with van der Waals surface area (Å²) >= 11 is 5.87. The van der Waals surface area contributed by atoms with Crippen LogP contribution in [0, 0.1) is 11.8 Å². The number of nitrogens with zero attached hydrogens (tertiary/aromatic N) is 1. The normalized spacial score (nSPS) is 11.0. The van der Waals surface area contributed by atoms with Crippen LogP contribution in [0.5, 0.6) is 5.75 Å². The standard InChI is InChI=1S/C14H13ClN2O3S/c1-2-3-4-9-20-11-6-7-12(21(16,18)19)10-5-8-13(15)17-14(10)11/h5-8H,4,9H2,1H3,(H2,16,18,19). The van der Waals surface area contributed by atoms with Gasteiger partial charge in [0.25, 0.3) is 0 Å². The SMILES string of the molecule is CC#CCCOc1ccc(S(N)(=O)=O)c2ccc(Cl)nc12. The van der Waals surface area contributed by atoms with E-state index >= 15 is 0 Å². The summed E-state index contributed by atoms with van der Waals surface area (Å²) in [5.74, 6) is 6.09. The van der Waals surface area contributed by atoms with Gasteiger partial charge in [-0.2, -0.15) is 0 Å². The van der Waals surface area contributed by atoms with Gasteiger partial charge in [-0.1, -0.05) is 11.6 Å². The Kier molecular flexibility index (Phi) is 4.68. The first-order valence-electron chi connectivity index (χ1n) is 6.08. The van der Waals surface area contributed by atoms with Crippen molar-refractivity contribution in [3.63, 3.8) is 0 Å². The van der Waals surface area contributed by atoms with Gasteiger partial charge in [-0.05, 0) is 31.2 Å². The van der Waals surface area contributed by atoms with Crippen molar-refractivity contribution in [1.82, 2.24) is 4.98 Å². The maximum atomic E-state index is 11.6. The van der Waals surface area contributed by atoms with E-state index in [1.807, 2.05) is 0 Å². The van der Waals surface area contributed by atoms with E-state index in [0.29, 0.717) is 29.7 Å². The molecule has 0 fully saturated rings. The molecule has 0 bridgehead atoms. The summed E-state index contributed by atoms with van der Waals surface area (Å²) in [6.45, 7) is 2.12. The Hall–Kier alpha value is -1.81. The molecule has 2 N–H and O–H groups in total. The van der Waals surface area contributed by atoms with E-state index in [2.05, 4.69) is 16.8 Å². The van der Waals surface area contributed by atoms with E-state index < -0.39 is 10.0 Å². The lowest BCUT2D eigenvalue weighted by Crippen LogP contribution is -2.13. The highest BCUT2D eigenvalue weighted by atomic mass is 35.5. The van der Waals surface area contributed by atoms with Crippen molar-refractivity contribution in [2.24, 2.45) is 5.14 Å². The minimum Gasteiger partial charge on any atom is -0.490 e. The maximum absolute atomic E-state index is 11.6. The van der Waals surface area contributed by atoms with Crippen LogP contribution in [0.25, 0.3) is 10.9 Å². The van der Waals surface area contributed by atoms with E-state index in [9.17, 15) is 8.42 Å². The lowest BCUT2D eigenvalue weighted by Gasteiger charge is -2.10. The van der Waals surface area contributed by atoms with Crippen LogP contribution in [0.3, 0.4) is 0 Å². The lowest BCUT2D eigenvalue weighted by molar-refractivity contribution is 0.330. The van der Waals surface area contributed by atoms with Crippen molar-refractivity contribution in [2.45, 2.75) is 18.2 Å². The molecular weight excluding hydrogens is 312 g/mol. The average molecular weight is 325 g/mol. The number of primary sulfonamides is 1. The summed E-state index contributed by atoms with van der Waals surface area (Å²) < 4.78 is 28.8. The Bertz CT molecular complexity index is 838. The number of nitrogens with two attached hydrogens (primary N) is 1. The minimum absolute atomic E-state index is 0.0117. The van der Waals surface area contributed by atoms with Crippen molar-refractivity contribution in [1.29, 1.82) is 0 Å². The van der Waals surface area contributed by atoms with Crippen LogP contribution in [0.1, 0.15) is 13.3 Å². The van der Waals surface area contributed by atoms with Gasteiger partial charge < -0.3 is 4.74 Å². The molecular formula is C14H13ClN2O3S. The van der Waals surface area contributed by atoms with Crippen LogP contribution < -0.4 is 9.88 Å². The van der Waals surface area contributed by atoms with Crippen LogP contribution in [0.2, 0.25) is 5.15 Å². The molecule has 2 aromatic rings. The van der Waals surface area contributed by atoms with E-state index in [-0.39, 0.29) is 10.0 Å². The summed E-state index contributed by atoms with van der Waals surface area (Å²) in [5.41, 5.74) is 0.360. The van der Waals surface area contributed by atoms with Crippen LogP contribution >= 0.6 is 11.6 Å². The Morgan fingerprint density at radius 3 is 2.76 bits per heavy atom. The van der Waals surface area contributed by atoms with Crippen LogP contribution in [-0.4, -0.2) is 20.0 Å². The first kappa shape index (κ1) is 15.6. The molecule has 2 rings (SSSR count). The molecule has 0 unspecified atom stereocenters. The van der Waals surface area contributed by atoms with Gasteiger partial charge in [0.05, 0.1) is 11.5 Å². The first-order chi connectivity index (χ1) is 9.93. The quantitative estimate of drug-likeness (QED) is 0.531. The second-order valence-corrected chi connectivity index (χ2v) is 6.08. The molecule has 0 aliphatic carbocycles. The molecule has 0 aliphatic heterocycles. The van der Waals surface area contributed by atoms with Crippen molar-refractivity contribution in [2.75, 3.05) is 6.61 Å². The zero-order valence-electron chi connectivity index (χ0n) is 11.3. The number of fused-ring (bicyclic) bond motifs is 1. The van der Waals surface area contributed by atoms with Gasteiger partial charge >= 0.3 is 0 Å². The average Bonchev–Trinajstić information content (AvgIpc) is 2.42. The maximum Gasteiger partial charge on any atom is 0.238 e. The number of ether oxygens (including phenoxy) is 1. The number of pyridine rings is 1. The molecule has 0 spiro atoms. The number of benzene rings is 1. The zero-order valence-corrected chi connectivity index (χ0v) is 12.8. The molecule has 1 aromatic carbocycles. The van der Waals surface area contributed by atoms with Crippen molar-refractivity contribution in [3.8, 4) is 17.6 Å². The van der Waals surface area contributed by atoms with E-state index in [4.69, 9.17) is 21.5 Å².